The van der Waals surface area contributed by atoms with E-state index in [1.165, 1.54) is 25.8 Å². The van der Waals surface area contributed by atoms with Gasteiger partial charge in [-0.2, -0.15) is 0 Å². The van der Waals surface area contributed by atoms with E-state index in [1.807, 2.05) is 42.6 Å². The third-order valence-corrected chi connectivity index (χ3v) is 7.14. The fourth-order valence-electron chi connectivity index (χ4n) is 4.74. The predicted octanol–water partition coefficient (Wildman–Crippen LogP) is 7.55. The van der Waals surface area contributed by atoms with Crippen molar-refractivity contribution in [3.63, 3.8) is 0 Å². The van der Waals surface area contributed by atoms with Gasteiger partial charge in [0.05, 0.1) is 17.1 Å². The fourth-order valence-corrected chi connectivity index (χ4v) is 5.10. The predicted molar refractivity (Wildman–Crippen MR) is 146 cm³/mol. The maximum absolute atomic E-state index is 10.4. The number of hydrogen-bond acceptors (Lipinski definition) is 3. The molecule has 6 rings (SSSR count). The first-order valence-electron chi connectivity index (χ1n) is 11.3. The van der Waals surface area contributed by atoms with Gasteiger partial charge in [-0.05, 0) is 112 Å². The molecule has 2 aromatic heterocycles. The molecule has 0 saturated heterocycles. The third-order valence-electron chi connectivity index (χ3n) is 6.42. The van der Waals surface area contributed by atoms with Crippen molar-refractivity contribution in [1.82, 2.24) is 9.97 Å². The van der Waals surface area contributed by atoms with E-state index >= 15 is 0 Å². The van der Waals surface area contributed by atoms with Gasteiger partial charge in [-0.1, -0.05) is 36.4 Å². The van der Waals surface area contributed by atoms with Crippen LogP contribution in [0.15, 0.2) is 97.2 Å². The zero-order valence-electron chi connectivity index (χ0n) is 18.4. The summed E-state index contributed by atoms with van der Waals surface area (Å²) in [6.45, 7) is 0. The average molecular weight is 552 g/mol. The number of fused-ring (bicyclic) bond motifs is 3. The molecule has 3 nitrogen and oxygen atoms in total. The highest BCUT2D eigenvalue weighted by molar-refractivity contribution is 14.1. The van der Waals surface area contributed by atoms with E-state index in [2.05, 4.69) is 76.1 Å². The molecule has 1 aliphatic rings. The van der Waals surface area contributed by atoms with Crippen LogP contribution in [-0.4, -0.2) is 15.1 Å². The van der Waals surface area contributed by atoms with Crippen molar-refractivity contribution < 1.29 is 5.11 Å². The molecule has 0 radical (unpaired) electrons. The highest BCUT2D eigenvalue weighted by Gasteiger charge is 2.23. The molecule has 5 aromatic rings. The molecule has 0 fully saturated rings. The summed E-state index contributed by atoms with van der Waals surface area (Å²) in [5.41, 5.74) is 10.7. The number of para-hydroxylation sites is 1. The molecule has 0 spiro atoms. The maximum Gasteiger partial charge on any atom is 0.124 e. The summed E-state index contributed by atoms with van der Waals surface area (Å²) in [4.78, 5) is 9.71. The molecule has 164 valence electrons. The summed E-state index contributed by atoms with van der Waals surface area (Å²) in [7, 11) is 0. The van der Waals surface area contributed by atoms with Crippen LogP contribution in [0.5, 0.6) is 5.75 Å². The molecule has 0 atom stereocenters. The van der Waals surface area contributed by atoms with Gasteiger partial charge in [-0.15, -0.1) is 0 Å². The summed E-state index contributed by atoms with van der Waals surface area (Å²) < 4.78 is 1.22. The maximum atomic E-state index is 10.4. The number of nitrogens with zero attached hydrogens (tertiary/aromatic N) is 2. The monoisotopic (exact) mass is 552 g/mol. The minimum absolute atomic E-state index is 0.243. The van der Waals surface area contributed by atoms with Crippen molar-refractivity contribution in [2.24, 2.45) is 0 Å². The number of aryl methyl sites for hydroxylation is 1. The summed E-state index contributed by atoms with van der Waals surface area (Å²) in [5.74, 6) is 0.243. The molecule has 4 heteroatoms. The second-order valence-corrected chi connectivity index (χ2v) is 9.74. The number of hydrogen-bond donors (Lipinski definition) is 1. The lowest BCUT2D eigenvalue weighted by atomic mass is 9.82. The first-order chi connectivity index (χ1) is 16.7. The number of phenols is 1. The van der Waals surface area contributed by atoms with Crippen molar-refractivity contribution in [1.29, 1.82) is 0 Å². The Morgan fingerprint density at radius 2 is 1.47 bits per heavy atom. The molecule has 3 aromatic carbocycles. The van der Waals surface area contributed by atoms with E-state index in [4.69, 9.17) is 4.98 Å². The van der Waals surface area contributed by atoms with E-state index < -0.39 is 0 Å². The summed E-state index contributed by atoms with van der Waals surface area (Å²) in [6, 6.07) is 30.8. The van der Waals surface area contributed by atoms with Crippen molar-refractivity contribution in [3.05, 3.63) is 112 Å². The number of rotatable bonds is 3. The van der Waals surface area contributed by atoms with Crippen LogP contribution in [-0.2, 0) is 12.8 Å². The van der Waals surface area contributed by atoms with Crippen LogP contribution in [0.25, 0.3) is 44.9 Å². The van der Waals surface area contributed by atoms with Gasteiger partial charge in [0.15, 0.2) is 0 Å². The molecule has 1 aliphatic carbocycles. The zero-order chi connectivity index (χ0) is 23.1. The van der Waals surface area contributed by atoms with E-state index in [0.717, 1.165) is 46.6 Å². The molecular formula is C30H21IN2O. The van der Waals surface area contributed by atoms with Crippen molar-refractivity contribution >= 4 is 22.6 Å². The molecule has 0 aliphatic heterocycles. The highest BCUT2D eigenvalue weighted by Crippen LogP contribution is 2.42. The van der Waals surface area contributed by atoms with Crippen LogP contribution in [0.4, 0.5) is 0 Å². The smallest absolute Gasteiger partial charge is 0.124 e. The number of aromatic hydroxyl groups is 1. The van der Waals surface area contributed by atoms with E-state index in [1.54, 1.807) is 6.07 Å². The van der Waals surface area contributed by atoms with Crippen LogP contribution in [0, 0.1) is 3.57 Å². The van der Waals surface area contributed by atoms with Crippen LogP contribution < -0.4 is 0 Å². The Bertz CT molecular complexity index is 1510. The lowest BCUT2D eigenvalue weighted by Crippen LogP contribution is -2.08. The van der Waals surface area contributed by atoms with Gasteiger partial charge < -0.3 is 5.11 Å². The fraction of sp³-hybridized carbons (Fsp3) is 0.0667. The van der Waals surface area contributed by atoms with Crippen LogP contribution in [0.1, 0.15) is 11.1 Å². The van der Waals surface area contributed by atoms with E-state index in [-0.39, 0.29) is 5.75 Å². The van der Waals surface area contributed by atoms with Crippen molar-refractivity contribution in [3.8, 4) is 50.6 Å². The van der Waals surface area contributed by atoms with Crippen LogP contribution in [0.3, 0.4) is 0 Å². The number of pyridine rings is 2. The first-order valence-corrected chi connectivity index (χ1v) is 12.4. The second kappa shape index (κ2) is 8.69. The Kier molecular flexibility index (Phi) is 5.38. The average Bonchev–Trinajstić information content (AvgIpc) is 2.89. The SMILES string of the molecule is Oc1ccccc1-c1ccc2c(n1)-c1cc(-c3ccccn3)cc(-c3ccc(I)cc3)c1CC2. The van der Waals surface area contributed by atoms with Crippen molar-refractivity contribution in [2.75, 3.05) is 0 Å². The first kappa shape index (κ1) is 21.1. The molecule has 0 saturated carbocycles. The Labute approximate surface area is 212 Å². The minimum atomic E-state index is 0.243. The van der Waals surface area contributed by atoms with Gasteiger partial charge in [-0.3, -0.25) is 4.98 Å². The standard InChI is InChI=1S/C30H21IN2O/c31-22-12-8-19(9-13-22)25-17-21(27-6-3-4-16-32-27)18-26-23(25)14-10-20-11-15-28(33-30(20)26)24-5-1-2-7-29(24)34/h1-9,11-13,15-18,34H,10,14H2. The molecule has 0 bridgehead atoms. The summed E-state index contributed by atoms with van der Waals surface area (Å²) >= 11 is 2.35. The van der Waals surface area contributed by atoms with Gasteiger partial charge in [0, 0.05) is 26.5 Å². The van der Waals surface area contributed by atoms with Crippen LogP contribution in [0.2, 0.25) is 0 Å². The van der Waals surface area contributed by atoms with Gasteiger partial charge in [-0.25, -0.2) is 4.98 Å². The second-order valence-electron chi connectivity index (χ2n) is 8.49. The minimum Gasteiger partial charge on any atom is -0.507 e. The lowest BCUT2D eigenvalue weighted by molar-refractivity contribution is 0.477. The van der Waals surface area contributed by atoms with Gasteiger partial charge in [0.25, 0.3) is 0 Å². The Morgan fingerprint density at radius 1 is 0.676 bits per heavy atom. The van der Waals surface area contributed by atoms with Gasteiger partial charge >= 0.3 is 0 Å². The van der Waals surface area contributed by atoms with E-state index in [0.29, 0.717) is 0 Å². The Balaban J connectivity index is 1.60. The molecule has 34 heavy (non-hydrogen) atoms. The van der Waals surface area contributed by atoms with Gasteiger partial charge in [0.1, 0.15) is 5.75 Å². The number of halogens is 1. The Morgan fingerprint density at radius 3 is 2.26 bits per heavy atom. The van der Waals surface area contributed by atoms with E-state index in [9.17, 15) is 5.11 Å². The molecule has 0 unspecified atom stereocenters. The number of aromatic nitrogens is 2. The molecule has 1 N–H and O–H groups in total. The molecular weight excluding hydrogens is 531 g/mol. The lowest BCUT2D eigenvalue weighted by Gasteiger charge is -2.24. The van der Waals surface area contributed by atoms with Gasteiger partial charge in [0.2, 0.25) is 0 Å². The largest absolute Gasteiger partial charge is 0.507 e. The molecule has 0 amide bonds. The quantitative estimate of drug-likeness (QED) is 0.235. The van der Waals surface area contributed by atoms with Crippen LogP contribution >= 0.6 is 22.6 Å². The topological polar surface area (TPSA) is 46.0 Å². The highest BCUT2D eigenvalue weighted by atomic mass is 127. The summed E-state index contributed by atoms with van der Waals surface area (Å²) in [5, 5.41) is 10.4. The zero-order valence-corrected chi connectivity index (χ0v) is 20.5. The van der Waals surface area contributed by atoms with Crippen molar-refractivity contribution in [2.45, 2.75) is 12.8 Å². The number of phenolic OH excluding ortho intramolecular Hbond substituents is 1. The molecule has 2 heterocycles. The number of benzene rings is 3. The third kappa shape index (κ3) is 3.78. The Hall–Kier alpha value is -3.51. The summed E-state index contributed by atoms with van der Waals surface area (Å²) in [6.07, 6.45) is 3.74. The normalized spacial score (nSPS) is 12.1.